The Kier molecular flexibility index (Phi) is 4.98. The van der Waals surface area contributed by atoms with Gasteiger partial charge in [0.05, 0.1) is 30.3 Å². The summed E-state index contributed by atoms with van der Waals surface area (Å²) in [5.74, 6) is -0.508. The maximum atomic E-state index is 12.4. The van der Waals surface area contributed by atoms with Crippen LogP contribution in [0.2, 0.25) is 0 Å². The van der Waals surface area contributed by atoms with Crippen molar-refractivity contribution in [3.05, 3.63) is 23.3 Å². The van der Waals surface area contributed by atoms with Gasteiger partial charge >= 0.3 is 0 Å². The third-order valence-corrected chi connectivity index (χ3v) is 3.82. The Bertz CT molecular complexity index is 702. The predicted octanol–water partition coefficient (Wildman–Crippen LogP) is 0.289. The third-order valence-electron chi connectivity index (χ3n) is 3.82. The lowest BCUT2D eigenvalue weighted by molar-refractivity contribution is 0.0622. The van der Waals surface area contributed by atoms with Crippen LogP contribution in [0.15, 0.2) is 12.1 Å². The summed E-state index contributed by atoms with van der Waals surface area (Å²) < 4.78 is 5.75. The van der Waals surface area contributed by atoms with Crippen molar-refractivity contribution >= 4 is 30.9 Å². The van der Waals surface area contributed by atoms with Crippen molar-refractivity contribution in [2.45, 2.75) is 38.3 Å². The molecule has 1 amide bonds. The van der Waals surface area contributed by atoms with E-state index >= 15 is 0 Å². The van der Waals surface area contributed by atoms with Gasteiger partial charge in [0.2, 0.25) is 7.85 Å². The minimum absolute atomic E-state index is 0.0810. The number of amides is 1. The van der Waals surface area contributed by atoms with E-state index in [1.165, 1.54) is 13.9 Å². The van der Waals surface area contributed by atoms with Crippen LogP contribution >= 0.6 is 0 Å². The number of hydrogen-bond acceptors (Lipinski definition) is 6. The van der Waals surface area contributed by atoms with Crippen molar-refractivity contribution in [2.24, 2.45) is 0 Å². The van der Waals surface area contributed by atoms with E-state index in [0.29, 0.717) is 5.75 Å². The number of nitrogens with one attached hydrogen (secondary N) is 1. The summed E-state index contributed by atoms with van der Waals surface area (Å²) in [6.07, 6.45) is 0.0621. The van der Waals surface area contributed by atoms with Crippen LogP contribution in [-0.4, -0.2) is 48.6 Å². The minimum atomic E-state index is -0.698. The molecule has 1 aromatic carbocycles. The Morgan fingerprint density at radius 2 is 2.12 bits per heavy atom. The van der Waals surface area contributed by atoms with Crippen LogP contribution in [0.25, 0.3) is 0 Å². The van der Waals surface area contributed by atoms with Gasteiger partial charge in [0.15, 0.2) is 17.4 Å². The maximum Gasteiger partial charge on any atom is 0.215 e. The van der Waals surface area contributed by atoms with E-state index in [1.807, 2.05) is 13.8 Å². The Morgan fingerprint density at radius 1 is 1.46 bits per heavy atom. The van der Waals surface area contributed by atoms with Gasteiger partial charge in [0, 0.05) is 12.0 Å². The molecule has 0 aliphatic carbocycles. The molecule has 1 aliphatic heterocycles. The summed E-state index contributed by atoms with van der Waals surface area (Å²) in [4.78, 5) is 35.9. The van der Waals surface area contributed by atoms with Gasteiger partial charge in [-0.1, -0.05) is 0 Å². The van der Waals surface area contributed by atoms with Gasteiger partial charge < -0.3 is 20.9 Å². The number of anilines is 1. The molecule has 0 spiro atoms. The Labute approximate surface area is 141 Å². The van der Waals surface area contributed by atoms with Crippen LogP contribution < -0.4 is 15.8 Å². The van der Waals surface area contributed by atoms with Gasteiger partial charge in [-0.15, -0.1) is 0 Å². The van der Waals surface area contributed by atoms with E-state index in [1.54, 1.807) is 6.07 Å². The molecular weight excluding hydrogens is 311 g/mol. The molecule has 0 saturated heterocycles. The average Bonchev–Trinajstić information content (AvgIpc) is 2.44. The number of hydrogen-bond donors (Lipinski definition) is 3. The van der Waals surface area contributed by atoms with Crippen molar-refractivity contribution in [1.29, 1.82) is 0 Å². The van der Waals surface area contributed by atoms with Crippen LogP contribution in [0.5, 0.6) is 5.75 Å². The lowest BCUT2D eigenvalue weighted by Crippen LogP contribution is -2.38. The molecule has 2 rings (SSSR count). The van der Waals surface area contributed by atoms with Gasteiger partial charge in [-0.25, -0.2) is 0 Å². The zero-order valence-corrected chi connectivity index (χ0v) is 14.0. The smallest absolute Gasteiger partial charge is 0.215 e. The number of ether oxygens (including phenoxy) is 1. The molecule has 0 radical (unpaired) electrons. The van der Waals surface area contributed by atoms with Gasteiger partial charge in [0.25, 0.3) is 0 Å². The van der Waals surface area contributed by atoms with Crippen LogP contribution in [0.1, 0.15) is 47.4 Å². The largest absolute Gasteiger partial charge is 0.487 e. The lowest BCUT2D eigenvalue weighted by atomic mass is 9.89. The number of rotatable bonds is 5. The zero-order chi connectivity index (χ0) is 18.1. The van der Waals surface area contributed by atoms with E-state index in [9.17, 15) is 19.5 Å². The van der Waals surface area contributed by atoms with E-state index in [-0.39, 0.29) is 53.6 Å². The number of aliphatic hydroxyl groups is 1. The van der Waals surface area contributed by atoms with Gasteiger partial charge in [0.1, 0.15) is 11.4 Å². The molecule has 1 heterocycles. The van der Waals surface area contributed by atoms with Crippen LogP contribution in [-0.2, 0) is 0 Å². The van der Waals surface area contributed by atoms with Gasteiger partial charge in [-0.05, 0) is 26.0 Å². The first-order valence-electron chi connectivity index (χ1n) is 7.70. The molecule has 1 aromatic rings. The molecule has 0 aromatic heterocycles. The molecule has 0 unspecified atom stereocenters. The van der Waals surface area contributed by atoms with Crippen LogP contribution in [0.3, 0.4) is 0 Å². The first-order chi connectivity index (χ1) is 11.1. The maximum absolute atomic E-state index is 12.4. The minimum Gasteiger partial charge on any atom is -0.487 e. The highest BCUT2D eigenvalue weighted by atomic mass is 16.5. The summed E-state index contributed by atoms with van der Waals surface area (Å²) in [5.41, 5.74) is 5.91. The monoisotopic (exact) mass is 332 g/mol. The summed E-state index contributed by atoms with van der Waals surface area (Å²) in [6, 6.07) is 2.37. The second-order valence-electron chi connectivity index (χ2n) is 6.57. The van der Waals surface area contributed by atoms with Crippen LogP contribution in [0, 0.1) is 0 Å². The predicted molar refractivity (Wildman–Crippen MR) is 91.4 cm³/mol. The quantitative estimate of drug-likeness (QED) is 0.405. The summed E-state index contributed by atoms with van der Waals surface area (Å²) in [7, 11) is 1.30. The number of carbonyl (C=O) groups is 3. The van der Waals surface area contributed by atoms with Crippen molar-refractivity contribution in [2.75, 3.05) is 12.3 Å². The molecule has 1 aliphatic rings. The summed E-state index contributed by atoms with van der Waals surface area (Å²) in [6.45, 7) is 3.25. The second kappa shape index (κ2) is 6.64. The molecular formula is C16H21BN2O5. The fourth-order valence-electron chi connectivity index (χ4n) is 2.81. The fourth-order valence-corrected chi connectivity index (χ4v) is 2.81. The first kappa shape index (κ1) is 18.0. The van der Waals surface area contributed by atoms with Crippen molar-refractivity contribution < 1.29 is 24.2 Å². The highest BCUT2D eigenvalue weighted by Crippen LogP contribution is 2.38. The molecule has 24 heavy (non-hydrogen) atoms. The van der Waals surface area contributed by atoms with Crippen LogP contribution in [0.4, 0.5) is 10.5 Å². The van der Waals surface area contributed by atoms with E-state index in [2.05, 4.69) is 5.32 Å². The number of carbonyl (C=O) groups excluding carboxylic acids is 3. The molecule has 0 bridgehead atoms. The number of Topliss-reactive ketones (excluding diaryl/α,β-unsaturated/α-hetero) is 2. The average molecular weight is 332 g/mol. The molecule has 0 fully saturated rings. The number of nitrogen functional groups attached to an aromatic ring is 1. The number of ketones is 2. The lowest BCUT2D eigenvalue weighted by Gasteiger charge is -2.32. The number of aliphatic hydroxyl groups excluding tert-OH is 1. The van der Waals surface area contributed by atoms with Crippen molar-refractivity contribution in [3.63, 3.8) is 0 Å². The second-order valence-corrected chi connectivity index (χ2v) is 6.57. The van der Waals surface area contributed by atoms with Gasteiger partial charge in [-0.3, -0.25) is 14.4 Å². The zero-order valence-electron chi connectivity index (χ0n) is 14.0. The number of nitrogens with two attached hydrogens (primary N) is 1. The normalized spacial score (nSPS) is 16.7. The standard InChI is InChI=1S/C16H21BN2O5/c1-16(2)6-11(22)13-12(24-16)4-3-9(14(13)18)10(21)5-8(7-20)19-15(17)23/h3-4,8,20H,5-7,17-18H2,1-2H3,(H,19,23)/t8-/m1/s1. The van der Waals surface area contributed by atoms with E-state index < -0.39 is 11.6 Å². The van der Waals surface area contributed by atoms with Crippen molar-refractivity contribution in [3.8, 4) is 5.75 Å². The summed E-state index contributed by atoms with van der Waals surface area (Å²) >= 11 is 0. The molecule has 0 saturated carbocycles. The Hall–Kier alpha value is -2.35. The molecule has 8 heteroatoms. The number of fused-ring (bicyclic) bond motifs is 1. The Balaban J connectivity index is 2.30. The Morgan fingerprint density at radius 3 is 2.71 bits per heavy atom. The first-order valence-corrected chi connectivity index (χ1v) is 7.70. The van der Waals surface area contributed by atoms with Gasteiger partial charge in [-0.2, -0.15) is 0 Å². The molecule has 7 nitrogen and oxygen atoms in total. The molecule has 1 atom stereocenters. The SMILES string of the molecule is BC(=O)N[C@@H](CO)CC(=O)c1ccc2c(c1N)C(=O)CC(C)(C)O2. The van der Waals surface area contributed by atoms with E-state index in [0.717, 1.165) is 0 Å². The van der Waals surface area contributed by atoms with Crippen molar-refractivity contribution in [1.82, 2.24) is 5.32 Å². The fraction of sp³-hybridized carbons (Fsp3) is 0.438. The van der Waals surface area contributed by atoms with E-state index in [4.69, 9.17) is 10.5 Å². The highest BCUT2D eigenvalue weighted by molar-refractivity contribution is 6.57. The third kappa shape index (κ3) is 3.76. The highest BCUT2D eigenvalue weighted by Gasteiger charge is 2.35. The number of benzene rings is 1. The molecule has 128 valence electrons. The molecule has 4 N–H and O–H groups in total. The summed E-state index contributed by atoms with van der Waals surface area (Å²) in [5, 5.41) is 11.7. The topological polar surface area (TPSA) is 119 Å².